The number of hydrogen-bond acceptors (Lipinski definition) is 8. The topological polar surface area (TPSA) is 133 Å². The summed E-state index contributed by atoms with van der Waals surface area (Å²) in [5, 5.41) is 18.3. The first-order valence-electron chi connectivity index (χ1n) is 11.7. The number of aliphatic hydroxyl groups is 2. The molecule has 0 aromatic carbocycles. The van der Waals surface area contributed by atoms with E-state index in [0.717, 1.165) is 38.5 Å². The zero-order valence-corrected chi connectivity index (χ0v) is 21.4. The van der Waals surface area contributed by atoms with Crippen LogP contribution in [0.1, 0.15) is 78.1 Å². The smallest absolute Gasteiger partial charge is 0.269 e. The molecule has 0 aromatic rings. The van der Waals surface area contributed by atoms with E-state index in [0.29, 0.717) is 12.8 Å². The molecular weight excluding hydrogens is 437 g/mol. The fraction of sp³-hybridized carbons (Fsp3) is 0.909. The third-order valence-corrected chi connectivity index (χ3v) is 6.02. The second-order valence-electron chi connectivity index (χ2n) is 9.41. The number of hydrogen-bond donors (Lipinski definition) is 2. The minimum Gasteiger partial charge on any atom is -0.756 e. The molecule has 0 aromatic heterocycles. The van der Waals surface area contributed by atoms with Crippen molar-refractivity contribution in [2.45, 2.75) is 89.8 Å². The molecule has 0 rings (SSSR count). The SMILES string of the molecule is CCCCCCC(=O)C(C[N+](C)(C)C)(OP(=O)([O-])OC[C@H](O)CO)C(=O)CCCCCC. The second kappa shape index (κ2) is 15.3. The number of aliphatic hydroxyl groups excluding tert-OH is 2. The molecule has 9 nitrogen and oxygen atoms in total. The van der Waals surface area contributed by atoms with Crippen LogP contribution in [0.5, 0.6) is 0 Å². The van der Waals surface area contributed by atoms with Gasteiger partial charge in [-0.15, -0.1) is 0 Å². The lowest BCUT2D eigenvalue weighted by Crippen LogP contribution is -2.60. The highest BCUT2D eigenvalue weighted by Crippen LogP contribution is 2.45. The number of phosphoric ester groups is 1. The summed E-state index contributed by atoms with van der Waals surface area (Å²) in [6.07, 6.45) is 5.10. The van der Waals surface area contributed by atoms with E-state index in [4.69, 9.17) is 14.2 Å². The van der Waals surface area contributed by atoms with Crippen LogP contribution >= 0.6 is 7.82 Å². The number of unbranched alkanes of at least 4 members (excludes halogenated alkanes) is 6. The van der Waals surface area contributed by atoms with Crippen LogP contribution in [0.15, 0.2) is 0 Å². The molecule has 190 valence electrons. The number of Topliss-reactive ketones (excluding diaryl/α,β-unsaturated/α-hetero) is 2. The Bertz CT molecular complexity index is 581. The van der Waals surface area contributed by atoms with E-state index >= 15 is 0 Å². The first kappa shape index (κ1) is 31.3. The Balaban J connectivity index is 5.91. The summed E-state index contributed by atoms with van der Waals surface area (Å²) in [4.78, 5) is 39.3. The maximum atomic E-state index is 13.3. The fourth-order valence-electron chi connectivity index (χ4n) is 3.41. The van der Waals surface area contributed by atoms with Crippen molar-refractivity contribution < 1.29 is 42.8 Å². The predicted molar refractivity (Wildman–Crippen MR) is 121 cm³/mol. The fourth-order valence-corrected chi connectivity index (χ4v) is 4.46. The van der Waals surface area contributed by atoms with Gasteiger partial charge in [0.05, 0.1) is 34.4 Å². The summed E-state index contributed by atoms with van der Waals surface area (Å²) in [5.74, 6) is -1.13. The predicted octanol–water partition coefficient (Wildman–Crippen LogP) is 2.37. The molecule has 0 heterocycles. The average Bonchev–Trinajstić information content (AvgIpc) is 2.70. The highest BCUT2D eigenvalue weighted by atomic mass is 31.2. The summed E-state index contributed by atoms with van der Waals surface area (Å²) in [7, 11) is 0.109. The van der Waals surface area contributed by atoms with Crippen molar-refractivity contribution in [1.82, 2.24) is 0 Å². The van der Waals surface area contributed by atoms with Crippen LogP contribution in [0, 0.1) is 0 Å². The van der Waals surface area contributed by atoms with Crippen molar-refractivity contribution in [2.75, 3.05) is 40.9 Å². The van der Waals surface area contributed by atoms with E-state index in [-0.39, 0.29) is 23.9 Å². The van der Waals surface area contributed by atoms with E-state index in [2.05, 4.69) is 0 Å². The third-order valence-electron chi connectivity index (χ3n) is 5.02. The van der Waals surface area contributed by atoms with Gasteiger partial charge in [0.25, 0.3) is 7.82 Å². The molecule has 0 fully saturated rings. The normalized spacial score (nSPS) is 15.4. The molecule has 1 unspecified atom stereocenters. The van der Waals surface area contributed by atoms with Crippen LogP contribution in [-0.2, 0) is 23.2 Å². The lowest BCUT2D eigenvalue weighted by molar-refractivity contribution is -0.874. The van der Waals surface area contributed by atoms with Gasteiger partial charge in [0.1, 0.15) is 12.6 Å². The number of rotatable bonds is 20. The maximum absolute atomic E-state index is 13.3. The van der Waals surface area contributed by atoms with E-state index in [1.807, 2.05) is 13.8 Å². The minimum atomic E-state index is -5.14. The van der Waals surface area contributed by atoms with Crippen molar-refractivity contribution in [1.29, 1.82) is 0 Å². The highest BCUT2D eigenvalue weighted by molar-refractivity contribution is 7.46. The lowest BCUT2D eigenvalue weighted by Gasteiger charge is -2.40. The molecule has 2 N–H and O–H groups in total. The van der Waals surface area contributed by atoms with Gasteiger partial charge >= 0.3 is 0 Å². The first-order valence-corrected chi connectivity index (χ1v) is 13.1. The summed E-state index contributed by atoms with van der Waals surface area (Å²) in [5.41, 5.74) is -2.18. The second-order valence-corrected chi connectivity index (χ2v) is 10.7. The first-order chi connectivity index (χ1) is 14.8. The Morgan fingerprint density at radius 1 is 0.969 bits per heavy atom. The third kappa shape index (κ3) is 12.5. The molecule has 0 saturated heterocycles. The molecule has 0 amide bonds. The molecule has 0 aliphatic heterocycles. The Morgan fingerprint density at radius 3 is 1.81 bits per heavy atom. The van der Waals surface area contributed by atoms with Gasteiger partial charge < -0.3 is 24.1 Å². The Morgan fingerprint density at radius 2 is 1.44 bits per heavy atom. The van der Waals surface area contributed by atoms with Gasteiger partial charge in [0.15, 0.2) is 11.6 Å². The van der Waals surface area contributed by atoms with E-state index in [9.17, 15) is 24.2 Å². The number of nitrogens with zero attached hydrogens (tertiary/aromatic N) is 1. The summed E-state index contributed by atoms with van der Waals surface area (Å²) >= 11 is 0. The van der Waals surface area contributed by atoms with Crippen molar-refractivity contribution >= 4 is 19.4 Å². The molecule has 0 saturated carbocycles. The number of ketones is 2. The molecule has 0 aliphatic rings. The van der Waals surface area contributed by atoms with Crippen LogP contribution < -0.4 is 4.89 Å². The zero-order chi connectivity index (χ0) is 24.8. The molecule has 0 bridgehead atoms. The van der Waals surface area contributed by atoms with Crippen LogP contribution in [0.25, 0.3) is 0 Å². The maximum Gasteiger partial charge on any atom is 0.269 e. The van der Waals surface area contributed by atoms with Crippen molar-refractivity contribution in [3.8, 4) is 0 Å². The van der Waals surface area contributed by atoms with Crippen molar-refractivity contribution in [3.63, 3.8) is 0 Å². The molecular formula is C22H44NO8P. The molecule has 32 heavy (non-hydrogen) atoms. The number of likely N-dealkylation sites (N-methyl/N-ethyl adjacent to an activating group) is 1. The van der Waals surface area contributed by atoms with Gasteiger partial charge in [0.2, 0.25) is 5.60 Å². The van der Waals surface area contributed by atoms with Gasteiger partial charge in [-0.25, -0.2) is 0 Å². The number of phosphoric acid groups is 1. The Hall–Kier alpha value is -0.670. The zero-order valence-electron chi connectivity index (χ0n) is 20.5. The van der Waals surface area contributed by atoms with Crippen LogP contribution in [0.2, 0.25) is 0 Å². The van der Waals surface area contributed by atoms with Gasteiger partial charge in [-0.1, -0.05) is 52.4 Å². The quantitative estimate of drug-likeness (QED) is 0.117. The monoisotopic (exact) mass is 481 g/mol. The van der Waals surface area contributed by atoms with Crippen molar-refractivity contribution in [3.05, 3.63) is 0 Å². The van der Waals surface area contributed by atoms with Gasteiger partial charge in [-0.05, 0) is 12.8 Å². The Labute approximate surface area is 193 Å². The summed E-state index contributed by atoms with van der Waals surface area (Å²) in [6, 6.07) is 0. The van der Waals surface area contributed by atoms with E-state index in [1.165, 1.54) is 0 Å². The van der Waals surface area contributed by atoms with Crippen molar-refractivity contribution in [2.24, 2.45) is 0 Å². The minimum absolute atomic E-state index is 0.0277. The number of quaternary nitrogens is 1. The van der Waals surface area contributed by atoms with Gasteiger partial charge in [-0.3, -0.25) is 18.7 Å². The molecule has 10 heteroatoms. The molecule has 2 atom stereocenters. The lowest BCUT2D eigenvalue weighted by atomic mass is 9.86. The molecule has 0 aliphatic carbocycles. The van der Waals surface area contributed by atoms with E-state index in [1.54, 1.807) is 21.1 Å². The van der Waals surface area contributed by atoms with Gasteiger partial charge in [-0.2, -0.15) is 0 Å². The highest BCUT2D eigenvalue weighted by Gasteiger charge is 2.52. The number of carbonyl (C=O) groups is 2. The molecule has 0 spiro atoms. The standard InChI is InChI=1S/C22H44NO8P/c1-6-8-10-12-14-20(26)22(18-23(3,4)5,21(27)15-13-11-9-7-2)31-32(28,29)30-17-19(25)16-24/h19,24-25H,6-18H2,1-5H3/t19-/m1/s1. The number of carbonyl (C=O) groups excluding carboxylic acids is 2. The van der Waals surface area contributed by atoms with Crippen LogP contribution in [0.4, 0.5) is 0 Å². The largest absolute Gasteiger partial charge is 0.756 e. The van der Waals surface area contributed by atoms with Crippen LogP contribution in [0.3, 0.4) is 0 Å². The summed E-state index contributed by atoms with van der Waals surface area (Å²) in [6.45, 7) is 2.49. The van der Waals surface area contributed by atoms with Crippen LogP contribution in [-0.4, -0.2) is 78.9 Å². The van der Waals surface area contributed by atoms with E-state index < -0.39 is 44.3 Å². The van der Waals surface area contributed by atoms with Gasteiger partial charge in [0, 0.05) is 12.8 Å². The summed E-state index contributed by atoms with van der Waals surface area (Å²) < 4.78 is 22.7. The molecule has 0 radical (unpaired) electrons. The Kier molecular flexibility index (Phi) is 15.0. The average molecular weight is 482 g/mol.